The Balaban J connectivity index is 2.02. The third kappa shape index (κ3) is 4.41. The number of carbonyl (C=O) groups is 2. The molecule has 0 radical (unpaired) electrons. The number of anilines is 2. The minimum atomic E-state index is -0.940. The summed E-state index contributed by atoms with van der Waals surface area (Å²) >= 11 is 11.6. The number of benzene rings is 2. The summed E-state index contributed by atoms with van der Waals surface area (Å²) in [5, 5.41) is 15.8. The summed E-state index contributed by atoms with van der Waals surface area (Å²) in [4.78, 5) is 33.6. The van der Waals surface area contributed by atoms with Crippen LogP contribution in [0.1, 0.15) is 0 Å². The Hall–Kier alpha value is -2.64. The maximum atomic E-state index is 11.8. The van der Waals surface area contributed by atoms with E-state index in [0.717, 1.165) is 0 Å². The standard InChI is InChI=1S/C14H9Cl2N3O4/c15-8-1-6-12(11(16)7-8)18-14(21)13(20)17-9-2-4-10(5-3-9)19(22)23/h1-7H,(H,17,20)(H,18,21). The summed E-state index contributed by atoms with van der Waals surface area (Å²) in [6, 6.07) is 9.45. The highest BCUT2D eigenvalue weighted by atomic mass is 35.5. The Morgan fingerprint density at radius 1 is 0.957 bits per heavy atom. The van der Waals surface area contributed by atoms with Gasteiger partial charge >= 0.3 is 11.8 Å². The number of hydrogen-bond donors (Lipinski definition) is 2. The molecule has 0 fully saturated rings. The molecule has 2 aromatic carbocycles. The lowest BCUT2D eigenvalue weighted by Gasteiger charge is -2.08. The van der Waals surface area contributed by atoms with Crippen molar-refractivity contribution in [2.75, 3.05) is 10.6 Å². The van der Waals surface area contributed by atoms with E-state index in [1.807, 2.05) is 0 Å². The Labute approximate surface area is 140 Å². The van der Waals surface area contributed by atoms with E-state index in [9.17, 15) is 19.7 Å². The number of nitrogens with zero attached hydrogens (tertiary/aromatic N) is 1. The minimum absolute atomic E-state index is 0.125. The van der Waals surface area contributed by atoms with Gasteiger partial charge < -0.3 is 10.6 Å². The third-order valence-electron chi connectivity index (χ3n) is 2.72. The molecule has 2 amide bonds. The van der Waals surface area contributed by atoms with Gasteiger partial charge in [-0.05, 0) is 30.3 Å². The lowest BCUT2D eigenvalue weighted by atomic mass is 10.3. The molecular weight excluding hydrogens is 345 g/mol. The number of amides is 2. The first-order valence-electron chi connectivity index (χ1n) is 6.18. The Bertz CT molecular complexity index is 778. The lowest BCUT2D eigenvalue weighted by Crippen LogP contribution is -2.29. The van der Waals surface area contributed by atoms with Crippen LogP contribution in [0.4, 0.5) is 17.1 Å². The molecule has 2 N–H and O–H groups in total. The first-order chi connectivity index (χ1) is 10.9. The number of nitrogens with one attached hydrogen (secondary N) is 2. The molecule has 2 aromatic rings. The SMILES string of the molecule is O=C(Nc1ccc([N+](=O)[O-])cc1)C(=O)Nc1ccc(Cl)cc1Cl. The van der Waals surface area contributed by atoms with E-state index in [4.69, 9.17) is 23.2 Å². The molecule has 0 aliphatic rings. The van der Waals surface area contributed by atoms with Gasteiger partial charge in [0.15, 0.2) is 0 Å². The van der Waals surface area contributed by atoms with Crippen molar-refractivity contribution in [3.63, 3.8) is 0 Å². The average Bonchev–Trinajstić information content (AvgIpc) is 2.50. The Kier molecular flexibility index (Phi) is 5.15. The van der Waals surface area contributed by atoms with Crippen LogP contribution in [0.15, 0.2) is 42.5 Å². The van der Waals surface area contributed by atoms with Crippen LogP contribution < -0.4 is 10.6 Å². The second kappa shape index (κ2) is 7.08. The average molecular weight is 354 g/mol. The van der Waals surface area contributed by atoms with Crippen molar-refractivity contribution in [1.82, 2.24) is 0 Å². The number of carbonyl (C=O) groups excluding carboxylic acids is 2. The fourth-order valence-electron chi connectivity index (χ4n) is 1.62. The van der Waals surface area contributed by atoms with Crippen LogP contribution in [0.2, 0.25) is 10.0 Å². The van der Waals surface area contributed by atoms with Gasteiger partial charge in [0, 0.05) is 22.8 Å². The van der Waals surface area contributed by atoms with E-state index < -0.39 is 16.7 Å². The van der Waals surface area contributed by atoms with Crippen molar-refractivity contribution < 1.29 is 14.5 Å². The molecule has 0 aliphatic heterocycles. The largest absolute Gasteiger partial charge is 0.318 e. The molecule has 2 rings (SSSR count). The predicted octanol–water partition coefficient (Wildman–Crippen LogP) is 3.48. The highest BCUT2D eigenvalue weighted by Gasteiger charge is 2.16. The van der Waals surface area contributed by atoms with Gasteiger partial charge in [0.1, 0.15) is 0 Å². The zero-order valence-corrected chi connectivity index (χ0v) is 12.9. The Morgan fingerprint density at radius 2 is 1.57 bits per heavy atom. The zero-order valence-electron chi connectivity index (χ0n) is 11.4. The summed E-state index contributed by atoms with van der Waals surface area (Å²) in [5.41, 5.74) is 0.360. The first kappa shape index (κ1) is 16.7. The third-order valence-corrected chi connectivity index (χ3v) is 3.27. The predicted molar refractivity (Wildman–Crippen MR) is 86.8 cm³/mol. The lowest BCUT2D eigenvalue weighted by molar-refractivity contribution is -0.384. The molecule has 0 bridgehead atoms. The van der Waals surface area contributed by atoms with Gasteiger partial charge in [-0.1, -0.05) is 23.2 Å². The fraction of sp³-hybridized carbons (Fsp3) is 0. The molecule has 0 saturated heterocycles. The van der Waals surface area contributed by atoms with E-state index in [0.29, 0.717) is 5.02 Å². The minimum Gasteiger partial charge on any atom is -0.318 e. The van der Waals surface area contributed by atoms with Crippen LogP contribution in [0.3, 0.4) is 0 Å². The number of nitro groups is 1. The molecule has 23 heavy (non-hydrogen) atoms. The molecule has 118 valence electrons. The number of non-ortho nitro benzene ring substituents is 1. The Morgan fingerprint density at radius 3 is 2.13 bits per heavy atom. The summed E-state index contributed by atoms with van der Waals surface area (Å²) < 4.78 is 0. The fourth-order valence-corrected chi connectivity index (χ4v) is 2.08. The van der Waals surface area contributed by atoms with Crippen LogP contribution in [0.5, 0.6) is 0 Å². The number of halogens is 2. The number of rotatable bonds is 3. The summed E-state index contributed by atoms with van der Waals surface area (Å²) in [5.74, 6) is -1.88. The maximum absolute atomic E-state index is 11.8. The van der Waals surface area contributed by atoms with Crippen molar-refractivity contribution >= 4 is 52.1 Å². The van der Waals surface area contributed by atoms with E-state index in [2.05, 4.69) is 10.6 Å². The van der Waals surface area contributed by atoms with Gasteiger partial charge in [0.2, 0.25) is 0 Å². The van der Waals surface area contributed by atoms with Crippen LogP contribution >= 0.6 is 23.2 Å². The van der Waals surface area contributed by atoms with E-state index >= 15 is 0 Å². The normalized spacial score (nSPS) is 10.0. The summed E-state index contributed by atoms with van der Waals surface area (Å²) in [6.45, 7) is 0. The molecule has 0 atom stereocenters. The molecule has 0 spiro atoms. The van der Waals surface area contributed by atoms with Crippen LogP contribution in [-0.4, -0.2) is 16.7 Å². The van der Waals surface area contributed by atoms with Crippen molar-refractivity contribution in [1.29, 1.82) is 0 Å². The molecule has 0 aromatic heterocycles. The maximum Gasteiger partial charge on any atom is 0.314 e. The van der Waals surface area contributed by atoms with Crippen LogP contribution in [-0.2, 0) is 9.59 Å². The van der Waals surface area contributed by atoms with E-state index in [1.54, 1.807) is 0 Å². The smallest absolute Gasteiger partial charge is 0.314 e. The summed E-state index contributed by atoms with van der Waals surface area (Å²) in [6.07, 6.45) is 0. The van der Waals surface area contributed by atoms with Gasteiger partial charge in [0.05, 0.1) is 15.6 Å². The molecule has 7 nitrogen and oxygen atoms in total. The highest BCUT2D eigenvalue weighted by molar-refractivity contribution is 6.45. The molecule has 0 saturated carbocycles. The van der Waals surface area contributed by atoms with Crippen LogP contribution in [0.25, 0.3) is 0 Å². The van der Waals surface area contributed by atoms with Gasteiger partial charge in [-0.25, -0.2) is 0 Å². The highest BCUT2D eigenvalue weighted by Crippen LogP contribution is 2.25. The molecule has 9 heteroatoms. The monoisotopic (exact) mass is 353 g/mol. The van der Waals surface area contributed by atoms with E-state index in [1.165, 1.54) is 42.5 Å². The quantitative estimate of drug-likeness (QED) is 0.500. The van der Waals surface area contributed by atoms with Crippen molar-refractivity contribution in [3.05, 3.63) is 62.6 Å². The van der Waals surface area contributed by atoms with Gasteiger partial charge in [0.25, 0.3) is 5.69 Å². The second-order valence-corrected chi connectivity index (χ2v) is 5.18. The van der Waals surface area contributed by atoms with Crippen LogP contribution in [0, 0.1) is 10.1 Å². The second-order valence-electron chi connectivity index (χ2n) is 4.34. The molecule has 0 aliphatic carbocycles. The van der Waals surface area contributed by atoms with Gasteiger partial charge in [-0.15, -0.1) is 0 Å². The zero-order chi connectivity index (χ0) is 17.0. The number of hydrogen-bond acceptors (Lipinski definition) is 4. The molecule has 0 unspecified atom stereocenters. The molecular formula is C14H9Cl2N3O4. The first-order valence-corrected chi connectivity index (χ1v) is 6.94. The number of nitro benzene ring substituents is 1. The topological polar surface area (TPSA) is 101 Å². The van der Waals surface area contributed by atoms with Crippen molar-refractivity contribution in [2.24, 2.45) is 0 Å². The van der Waals surface area contributed by atoms with Gasteiger partial charge in [-0.3, -0.25) is 19.7 Å². The molecule has 0 heterocycles. The summed E-state index contributed by atoms with van der Waals surface area (Å²) in [7, 11) is 0. The van der Waals surface area contributed by atoms with E-state index in [-0.39, 0.29) is 22.1 Å². The van der Waals surface area contributed by atoms with Gasteiger partial charge in [-0.2, -0.15) is 0 Å². The van der Waals surface area contributed by atoms with Crippen molar-refractivity contribution in [3.8, 4) is 0 Å². The van der Waals surface area contributed by atoms with Crippen molar-refractivity contribution in [2.45, 2.75) is 0 Å².